The summed E-state index contributed by atoms with van der Waals surface area (Å²) < 4.78 is 0. The van der Waals surface area contributed by atoms with E-state index >= 15 is 0 Å². The first-order valence-corrected chi connectivity index (χ1v) is 6.99. The molecule has 0 saturated carbocycles. The van der Waals surface area contributed by atoms with Crippen LogP contribution < -0.4 is 0 Å². The van der Waals surface area contributed by atoms with Crippen LogP contribution in [-0.2, 0) is 0 Å². The highest BCUT2D eigenvalue weighted by Gasteiger charge is 2.23. The highest BCUT2D eigenvalue weighted by Crippen LogP contribution is 2.20. The fourth-order valence-corrected chi connectivity index (χ4v) is 2.25. The summed E-state index contributed by atoms with van der Waals surface area (Å²) in [5, 5.41) is 9.34. The van der Waals surface area contributed by atoms with Crippen LogP contribution in [0.3, 0.4) is 0 Å². The first kappa shape index (κ1) is 16.2. The Morgan fingerprint density at radius 1 is 1.10 bits per heavy atom. The summed E-state index contributed by atoms with van der Waals surface area (Å²) in [5.41, 5.74) is 1.77. The van der Waals surface area contributed by atoms with Crippen molar-refractivity contribution in [1.29, 1.82) is 0 Å². The Labute approximate surface area is 120 Å². The topological polar surface area (TPSA) is 57.6 Å². The van der Waals surface area contributed by atoms with Crippen molar-refractivity contribution in [2.24, 2.45) is 0 Å². The number of carbonyl (C=O) groups excluding carboxylic acids is 1. The van der Waals surface area contributed by atoms with Gasteiger partial charge >= 0.3 is 5.97 Å². The molecule has 0 aliphatic carbocycles. The van der Waals surface area contributed by atoms with Gasteiger partial charge in [0.2, 0.25) is 0 Å². The predicted molar refractivity (Wildman–Crippen MR) is 79.4 cm³/mol. The fourth-order valence-electron chi connectivity index (χ4n) is 2.25. The van der Waals surface area contributed by atoms with Crippen molar-refractivity contribution in [3.05, 3.63) is 34.4 Å². The van der Waals surface area contributed by atoms with Gasteiger partial charge < -0.3 is 10.0 Å². The molecule has 0 spiro atoms. The molecule has 4 heteroatoms. The smallest absolute Gasteiger partial charge is 0.336 e. The van der Waals surface area contributed by atoms with Gasteiger partial charge in [-0.2, -0.15) is 0 Å². The quantitative estimate of drug-likeness (QED) is 0.812. The molecule has 110 valence electrons. The van der Waals surface area contributed by atoms with Gasteiger partial charge in [0.15, 0.2) is 0 Å². The van der Waals surface area contributed by atoms with Crippen LogP contribution in [0.4, 0.5) is 0 Å². The first-order chi connectivity index (χ1) is 9.40. The molecule has 1 aromatic rings. The van der Waals surface area contributed by atoms with Crippen LogP contribution in [0.25, 0.3) is 0 Å². The Bertz CT molecular complexity index is 509. The lowest BCUT2D eigenvalue weighted by atomic mass is 9.96. The Balaban J connectivity index is 3.09. The Morgan fingerprint density at radius 3 is 2.15 bits per heavy atom. The van der Waals surface area contributed by atoms with E-state index in [1.807, 2.05) is 0 Å². The van der Waals surface area contributed by atoms with Gasteiger partial charge in [0.25, 0.3) is 5.91 Å². The minimum atomic E-state index is -1.04. The molecule has 0 aromatic heterocycles. The number of rotatable bonds is 6. The molecule has 0 radical (unpaired) electrons. The van der Waals surface area contributed by atoms with E-state index < -0.39 is 5.97 Å². The van der Waals surface area contributed by atoms with Crippen LogP contribution in [0, 0.1) is 13.8 Å². The molecule has 0 unspecified atom stereocenters. The lowest BCUT2D eigenvalue weighted by Gasteiger charge is -2.20. The second kappa shape index (κ2) is 7.08. The number of benzene rings is 1. The van der Waals surface area contributed by atoms with Gasteiger partial charge in [0, 0.05) is 13.6 Å². The SMILES string of the molecule is CCCCCN(C)C(=O)c1c(C)ccc(C)c1C(=O)O. The lowest BCUT2D eigenvalue weighted by molar-refractivity contribution is 0.0680. The molecular weight excluding hydrogens is 254 g/mol. The van der Waals surface area contributed by atoms with E-state index in [0.717, 1.165) is 19.3 Å². The molecule has 0 saturated heterocycles. The van der Waals surface area contributed by atoms with Crippen molar-refractivity contribution in [2.45, 2.75) is 40.0 Å². The number of nitrogens with zero attached hydrogens (tertiary/aromatic N) is 1. The van der Waals surface area contributed by atoms with Crippen LogP contribution in [-0.4, -0.2) is 35.5 Å². The van der Waals surface area contributed by atoms with Gasteiger partial charge in [-0.25, -0.2) is 4.79 Å². The molecule has 0 bridgehead atoms. The van der Waals surface area contributed by atoms with Crippen molar-refractivity contribution < 1.29 is 14.7 Å². The third kappa shape index (κ3) is 3.59. The molecule has 4 nitrogen and oxygen atoms in total. The average Bonchev–Trinajstić information content (AvgIpc) is 2.40. The van der Waals surface area contributed by atoms with E-state index in [1.165, 1.54) is 0 Å². The van der Waals surface area contributed by atoms with E-state index in [1.54, 1.807) is 37.9 Å². The van der Waals surface area contributed by atoms with Crippen molar-refractivity contribution in [3.63, 3.8) is 0 Å². The van der Waals surface area contributed by atoms with Gasteiger partial charge in [0.05, 0.1) is 11.1 Å². The highest BCUT2D eigenvalue weighted by atomic mass is 16.4. The molecule has 1 N–H and O–H groups in total. The maximum atomic E-state index is 12.5. The first-order valence-electron chi connectivity index (χ1n) is 6.99. The largest absolute Gasteiger partial charge is 0.478 e. The van der Waals surface area contributed by atoms with E-state index in [2.05, 4.69) is 6.92 Å². The van der Waals surface area contributed by atoms with Crippen molar-refractivity contribution in [3.8, 4) is 0 Å². The molecule has 0 fully saturated rings. The van der Waals surface area contributed by atoms with Crippen LogP contribution in [0.5, 0.6) is 0 Å². The number of carbonyl (C=O) groups is 2. The van der Waals surface area contributed by atoms with Crippen LogP contribution >= 0.6 is 0 Å². The number of carboxylic acid groups (broad SMARTS) is 1. The van der Waals surface area contributed by atoms with Crippen LogP contribution in [0.1, 0.15) is 58.0 Å². The summed E-state index contributed by atoms with van der Waals surface area (Å²) in [6.45, 7) is 6.25. The van der Waals surface area contributed by atoms with Gasteiger partial charge in [-0.3, -0.25) is 4.79 Å². The van der Waals surface area contributed by atoms with Crippen LogP contribution in [0.15, 0.2) is 12.1 Å². The highest BCUT2D eigenvalue weighted by molar-refractivity contribution is 6.06. The van der Waals surface area contributed by atoms with E-state index in [0.29, 0.717) is 23.2 Å². The predicted octanol–water partition coefficient (Wildman–Crippen LogP) is 3.26. The van der Waals surface area contributed by atoms with Gasteiger partial charge in [-0.1, -0.05) is 31.9 Å². The third-order valence-corrected chi connectivity index (χ3v) is 3.49. The molecule has 0 atom stereocenters. The van der Waals surface area contributed by atoms with E-state index in [-0.39, 0.29) is 11.5 Å². The molecule has 1 rings (SSSR count). The standard InChI is InChI=1S/C16H23NO3/c1-5-6-7-10-17(4)15(18)13-11(2)8-9-12(3)14(13)16(19)20/h8-9H,5-7,10H2,1-4H3,(H,19,20). The molecule has 1 aromatic carbocycles. The van der Waals surface area contributed by atoms with E-state index in [4.69, 9.17) is 0 Å². The fraction of sp³-hybridized carbons (Fsp3) is 0.500. The van der Waals surface area contributed by atoms with E-state index in [9.17, 15) is 14.7 Å². The van der Waals surface area contributed by atoms with Crippen molar-refractivity contribution in [2.75, 3.05) is 13.6 Å². The average molecular weight is 277 g/mol. The minimum Gasteiger partial charge on any atom is -0.478 e. The van der Waals surface area contributed by atoms with Gasteiger partial charge in [-0.05, 0) is 31.4 Å². The third-order valence-electron chi connectivity index (χ3n) is 3.49. The number of unbranched alkanes of at least 4 members (excludes halogenated alkanes) is 2. The monoisotopic (exact) mass is 277 g/mol. The summed E-state index contributed by atoms with van der Waals surface area (Å²) in [6, 6.07) is 3.54. The summed E-state index contributed by atoms with van der Waals surface area (Å²) in [6.07, 6.45) is 3.09. The zero-order valence-electron chi connectivity index (χ0n) is 12.7. The number of amides is 1. The second-order valence-electron chi connectivity index (χ2n) is 5.19. The molecule has 0 heterocycles. The Kier molecular flexibility index (Phi) is 5.74. The maximum Gasteiger partial charge on any atom is 0.336 e. The number of aryl methyl sites for hydroxylation is 2. The number of hydrogen-bond acceptors (Lipinski definition) is 2. The van der Waals surface area contributed by atoms with Crippen molar-refractivity contribution in [1.82, 2.24) is 4.90 Å². The number of aromatic carboxylic acids is 1. The Hall–Kier alpha value is -1.84. The minimum absolute atomic E-state index is 0.123. The molecule has 0 aliphatic rings. The van der Waals surface area contributed by atoms with Gasteiger partial charge in [0.1, 0.15) is 0 Å². The summed E-state index contributed by atoms with van der Waals surface area (Å²) in [5.74, 6) is -1.25. The maximum absolute atomic E-state index is 12.5. The molecule has 20 heavy (non-hydrogen) atoms. The zero-order valence-corrected chi connectivity index (χ0v) is 12.7. The molecule has 1 amide bonds. The molecule has 0 aliphatic heterocycles. The molecular formula is C16H23NO3. The summed E-state index contributed by atoms with van der Waals surface area (Å²) in [7, 11) is 1.73. The Morgan fingerprint density at radius 2 is 1.65 bits per heavy atom. The summed E-state index contributed by atoms with van der Waals surface area (Å²) in [4.78, 5) is 25.5. The lowest BCUT2D eigenvalue weighted by Crippen LogP contribution is -2.30. The normalized spacial score (nSPS) is 10.4. The van der Waals surface area contributed by atoms with Crippen LogP contribution in [0.2, 0.25) is 0 Å². The zero-order chi connectivity index (χ0) is 15.3. The van der Waals surface area contributed by atoms with Crippen molar-refractivity contribution >= 4 is 11.9 Å². The summed E-state index contributed by atoms with van der Waals surface area (Å²) >= 11 is 0. The second-order valence-corrected chi connectivity index (χ2v) is 5.19. The number of hydrogen-bond donors (Lipinski definition) is 1. The van der Waals surface area contributed by atoms with Gasteiger partial charge in [-0.15, -0.1) is 0 Å². The number of carboxylic acids is 1.